The van der Waals surface area contributed by atoms with E-state index in [0.29, 0.717) is 30.2 Å². The largest absolute Gasteiger partial charge is 0.493 e. The normalized spacial score (nSPS) is 17.0. The van der Waals surface area contributed by atoms with Crippen LogP contribution in [0.25, 0.3) is 0 Å². The molecule has 2 aliphatic rings. The Kier molecular flexibility index (Phi) is 6.67. The van der Waals surface area contributed by atoms with Gasteiger partial charge in [0, 0.05) is 56.6 Å². The van der Waals surface area contributed by atoms with Crippen molar-refractivity contribution in [3.8, 4) is 11.5 Å². The van der Waals surface area contributed by atoms with Crippen LogP contribution in [-0.4, -0.2) is 83.0 Å². The molecule has 10 nitrogen and oxygen atoms in total. The summed E-state index contributed by atoms with van der Waals surface area (Å²) >= 11 is 0. The van der Waals surface area contributed by atoms with Crippen molar-refractivity contribution in [2.45, 2.75) is 11.8 Å². The van der Waals surface area contributed by atoms with Crippen LogP contribution in [0.1, 0.15) is 15.9 Å². The number of hydrogen-bond acceptors (Lipinski definition) is 6. The molecule has 2 aliphatic heterocycles. The number of benzene rings is 2. The molecule has 34 heavy (non-hydrogen) atoms. The Morgan fingerprint density at radius 3 is 2.24 bits per heavy atom. The number of piperazine rings is 1. The summed E-state index contributed by atoms with van der Waals surface area (Å²) in [7, 11) is -0.806. The average molecular weight is 489 g/mol. The van der Waals surface area contributed by atoms with E-state index in [1.807, 2.05) is 6.92 Å². The third-order valence-electron chi connectivity index (χ3n) is 6.11. The van der Waals surface area contributed by atoms with E-state index >= 15 is 0 Å². The molecule has 182 valence electrons. The highest BCUT2D eigenvalue weighted by Gasteiger charge is 2.31. The lowest BCUT2D eigenvalue weighted by Crippen LogP contribution is -2.50. The van der Waals surface area contributed by atoms with E-state index in [9.17, 15) is 18.0 Å². The highest BCUT2D eigenvalue weighted by Crippen LogP contribution is 2.31. The second kappa shape index (κ2) is 9.51. The number of rotatable bonds is 6. The van der Waals surface area contributed by atoms with Crippen molar-refractivity contribution in [1.29, 1.82) is 0 Å². The minimum absolute atomic E-state index is 0.113. The Morgan fingerprint density at radius 2 is 1.65 bits per heavy atom. The summed E-state index contributed by atoms with van der Waals surface area (Å²) in [6, 6.07) is 9.61. The summed E-state index contributed by atoms with van der Waals surface area (Å²) in [5.41, 5.74) is 2.12. The van der Waals surface area contributed by atoms with Crippen LogP contribution in [0.5, 0.6) is 11.5 Å². The van der Waals surface area contributed by atoms with Crippen molar-refractivity contribution < 1.29 is 27.5 Å². The quantitative estimate of drug-likeness (QED) is 0.663. The number of sulfonamides is 1. The summed E-state index contributed by atoms with van der Waals surface area (Å²) in [5, 5.41) is 2.77. The molecule has 2 aromatic carbocycles. The Labute approximate surface area is 199 Å². The number of hydrogen-bond donors (Lipinski definition) is 1. The first-order valence-electron chi connectivity index (χ1n) is 10.9. The Bertz CT molecular complexity index is 1210. The summed E-state index contributed by atoms with van der Waals surface area (Å²) in [5.74, 6) is 0.620. The molecule has 2 heterocycles. The molecule has 2 saturated heterocycles. The molecule has 2 aromatic rings. The predicted octanol–water partition coefficient (Wildman–Crippen LogP) is 1.69. The fraction of sp³-hybridized carbons (Fsp3) is 0.391. The molecule has 4 rings (SSSR count). The highest BCUT2D eigenvalue weighted by atomic mass is 32.2. The van der Waals surface area contributed by atoms with E-state index in [1.54, 1.807) is 34.1 Å². The first-order chi connectivity index (χ1) is 16.3. The number of carbonyl (C=O) groups is 2. The van der Waals surface area contributed by atoms with Crippen LogP contribution in [0.4, 0.5) is 10.5 Å². The van der Waals surface area contributed by atoms with Gasteiger partial charge < -0.3 is 19.7 Å². The fourth-order valence-corrected chi connectivity index (χ4v) is 5.67. The van der Waals surface area contributed by atoms with Crippen LogP contribution in [0, 0.1) is 6.92 Å². The number of urea groups is 1. The molecule has 1 N–H and O–H groups in total. The molecule has 0 aliphatic carbocycles. The van der Waals surface area contributed by atoms with Gasteiger partial charge in [-0.1, -0.05) is 0 Å². The summed E-state index contributed by atoms with van der Waals surface area (Å²) in [6.45, 7) is 3.98. The maximum Gasteiger partial charge on any atom is 0.322 e. The lowest BCUT2D eigenvalue weighted by Gasteiger charge is -2.34. The van der Waals surface area contributed by atoms with Gasteiger partial charge in [-0.2, -0.15) is 4.31 Å². The molecule has 0 spiro atoms. The maximum atomic E-state index is 13.1. The molecule has 0 atom stereocenters. The first-order valence-corrected chi connectivity index (χ1v) is 12.4. The second-order valence-corrected chi connectivity index (χ2v) is 10.0. The average Bonchev–Trinajstić information content (AvgIpc) is 3.28. The van der Waals surface area contributed by atoms with Gasteiger partial charge in [0.05, 0.1) is 19.1 Å². The third kappa shape index (κ3) is 4.40. The minimum atomic E-state index is -3.74. The van der Waals surface area contributed by atoms with E-state index < -0.39 is 10.0 Å². The molecule has 0 bridgehead atoms. The van der Waals surface area contributed by atoms with Crippen molar-refractivity contribution in [2.24, 2.45) is 0 Å². The highest BCUT2D eigenvalue weighted by molar-refractivity contribution is 7.89. The van der Waals surface area contributed by atoms with Gasteiger partial charge >= 0.3 is 6.03 Å². The number of amides is 3. The molecule has 11 heteroatoms. The fourth-order valence-electron chi connectivity index (χ4n) is 4.23. The standard InChI is InChI=1S/C23H28N4O6S/c1-16-14-17(4-6-19(16)27-9-8-24-23(27)29)22(28)25-10-12-26(13-11-25)34(30,31)18-5-7-20(32-2)21(15-18)33-3/h4-7,14-15H,8-13H2,1-3H3,(H,24,29). The SMILES string of the molecule is COc1ccc(S(=O)(=O)N2CCN(C(=O)c3ccc(N4CCNC4=O)c(C)c3)CC2)cc1OC. The number of nitrogens with one attached hydrogen (secondary N) is 1. The number of ether oxygens (including phenoxy) is 2. The zero-order valence-corrected chi connectivity index (χ0v) is 20.2. The van der Waals surface area contributed by atoms with E-state index in [0.717, 1.165) is 11.3 Å². The molecule has 0 saturated carbocycles. The summed E-state index contributed by atoms with van der Waals surface area (Å²) in [4.78, 5) is 28.4. The molecule has 3 amide bonds. The van der Waals surface area contributed by atoms with Crippen molar-refractivity contribution >= 4 is 27.6 Å². The Balaban J connectivity index is 1.44. The van der Waals surface area contributed by atoms with Crippen molar-refractivity contribution in [1.82, 2.24) is 14.5 Å². The van der Waals surface area contributed by atoms with Gasteiger partial charge in [-0.05, 0) is 42.8 Å². The Morgan fingerprint density at radius 1 is 0.941 bits per heavy atom. The van der Waals surface area contributed by atoms with Gasteiger partial charge in [-0.25, -0.2) is 13.2 Å². The van der Waals surface area contributed by atoms with Crippen molar-refractivity contribution in [2.75, 3.05) is 58.4 Å². The molecular weight excluding hydrogens is 460 g/mol. The summed E-state index contributed by atoms with van der Waals surface area (Å²) in [6.07, 6.45) is 0. The van der Waals surface area contributed by atoms with Gasteiger partial charge in [0.15, 0.2) is 11.5 Å². The van der Waals surface area contributed by atoms with Crippen LogP contribution in [0.2, 0.25) is 0 Å². The van der Waals surface area contributed by atoms with Crippen molar-refractivity contribution in [3.63, 3.8) is 0 Å². The molecule has 0 radical (unpaired) electrons. The Hall–Kier alpha value is -3.31. The van der Waals surface area contributed by atoms with E-state index in [2.05, 4.69) is 5.32 Å². The summed E-state index contributed by atoms with van der Waals surface area (Å²) < 4.78 is 38.0. The van der Waals surface area contributed by atoms with Crippen LogP contribution in [0.15, 0.2) is 41.3 Å². The van der Waals surface area contributed by atoms with Crippen molar-refractivity contribution in [3.05, 3.63) is 47.5 Å². The zero-order chi connectivity index (χ0) is 24.5. The molecular formula is C23H28N4O6S. The van der Waals surface area contributed by atoms with Gasteiger partial charge in [-0.15, -0.1) is 0 Å². The van der Waals surface area contributed by atoms with Crippen LogP contribution in [0.3, 0.4) is 0 Å². The molecule has 2 fully saturated rings. The number of anilines is 1. The smallest absolute Gasteiger partial charge is 0.322 e. The minimum Gasteiger partial charge on any atom is -0.493 e. The first kappa shape index (κ1) is 23.8. The van der Waals surface area contributed by atoms with E-state index in [4.69, 9.17) is 9.47 Å². The lowest BCUT2D eigenvalue weighted by atomic mass is 10.1. The zero-order valence-electron chi connectivity index (χ0n) is 19.4. The van der Waals surface area contributed by atoms with Gasteiger partial charge in [0.25, 0.3) is 5.91 Å². The number of nitrogens with zero attached hydrogens (tertiary/aromatic N) is 3. The molecule has 0 aromatic heterocycles. The predicted molar refractivity (Wildman–Crippen MR) is 126 cm³/mol. The number of aryl methyl sites for hydroxylation is 1. The van der Waals surface area contributed by atoms with Crippen LogP contribution >= 0.6 is 0 Å². The van der Waals surface area contributed by atoms with Gasteiger partial charge in [0.2, 0.25) is 10.0 Å². The van der Waals surface area contributed by atoms with Crippen LogP contribution in [-0.2, 0) is 10.0 Å². The maximum absolute atomic E-state index is 13.1. The van der Waals surface area contributed by atoms with E-state index in [1.165, 1.54) is 30.7 Å². The van der Waals surface area contributed by atoms with Gasteiger partial charge in [0.1, 0.15) is 0 Å². The third-order valence-corrected chi connectivity index (χ3v) is 8.00. The number of methoxy groups -OCH3 is 2. The monoisotopic (exact) mass is 488 g/mol. The number of carbonyl (C=O) groups excluding carboxylic acids is 2. The van der Waals surface area contributed by atoms with E-state index in [-0.39, 0.29) is 43.0 Å². The lowest BCUT2D eigenvalue weighted by molar-refractivity contribution is 0.0698. The second-order valence-electron chi connectivity index (χ2n) is 8.10. The topological polar surface area (TPSA) is 108 Å². The molecule has 0 unspecified atom stereocenters. The van der Waals surface area contributed by atoms with Crippen LogP contribution < -0.4 is 19.7 Å². The van der Waals surface area contributed by atoms with Gasteiger partial charge in [-0.3, -0.25) is 9.69 Å².